The zero-order chi connectivity index (χ0) is 15.4. The number of aromatic nitrogens is 1. The summed E-state index contributed by atoms with van der Waals surface area (Å²) in [5.74, 6) is -1.46. The van der Waals surface area contributed by atoms with Gasteiger partial charge >= 0.3 is 5.97 Å². The predicted octanol–water partition coefficient (Wildman–Crippen LogP) is 2.58. The Labute approximate surface area is 120 Å². The molecule has 0 unspecified atom stereocenters. The zero-order valence-corrected chi connectivity index (χ0v) is 11.1. The van der Waals surface area contributed by atoms with Crippen LogP contribution in [0.15, 0.2) is 36.5 Å². The first-order chi connectivity index (χ1) is 10.0. The van der Waals surface area contributed by atoms with Gasteiger partial charge in [-0.2, -0.15) is 0 Å². The Morgan fingerprint density at radius 3 is 2.76 bits per heavy atom. The van der Waals surface area contributed by atoms with Crippen LogP contribution in [0, 0.1) is 17.0 Å². The highest BCUT2D eigenvalue weighted by Crippen LogP contribution is 2.28. The topological polar surface area (TPSA) is 103 Å². The van der Waals surface area contributed by atoms with E-state index in [1.807, 2.05) is 13.0 Å². The molecule has 0 atom stereocenters. The van der Waals surface area contributed by atoms with Gasteiger partial charge in [0.1, 0.15) is 12.4 Å². The molecule has 1 aromatic carbocycles. The summed E-state index contributed by atoms with van der Waals surface area (Å²) in [6.07, 6.45) is 1.59. The van der Waals surface area contributed by atoms with Gasteiger partial charge in [0.25, 0.3) is 5.69 Å². The van der Waals surface area contributed by atoms with E-state index in [1.165, 1.54) is 12.1 Å². The van der Waals surface area contributed by atoms with Crippen molar-refractivity contribution in [1.82, 2.24) is 4.98 Å². The Morgan fingerprint density at radius 1 is 1.38 bits per heavy atom. The molecule has 1 N–H and O–H groups in total. The first-order valence-electron chi connectivity index (χ1n) is 6.04. The Kier molecular flexibility index (Phi) is 4.13. The number of nitro benzene ring substituents is 1. The number of aryl methyl sites for hydroxylation is 1. The van der Waals surface area contributed by atoms with Crippen LogP contribution in [-0.2, 0) is 6.61 Å². The van der Waals surface area contributed by atoms with E-state index in [0.717, 1.165) is 11.6 Å². The van der Waals surface area contributed by atoms with Crippen LogP contribution in [0.3, 0.4) is 0 Å². The molecule has 7 heteroatoms. The predicted molar refractivity (Wildman–Crippen MR) is 73.4 cm³/mol. The molecule has 2 aromatic rings. The first kappa shape index (κ1) is 14.4. The summed E-state index contributed by atoms with van der Waals surface area (Å²) in [6, 6.07) is 7.51. The van der Waals surface area contributed by atoms with Gasteiger partial charge in [-0.15, -0.1) is 0 Å². The van der Waals surface area contributed by atoms with Crippen molar-refractivity contribution in [2.45, 2.75) is 13.5 Å². The van der Waals surface area contributed by atoms with E-state index in [4.69, 9.17) is 9.84 Å². The molecule has 0 spiro atoms. The van der Waals surface area contributed by atoms with Crippen LogP contribution >= 0.6 is 0 Å². The Balaban J connectivity index is 2.32. The van der Waals surface area contributed by atoms with Crippen molar-refractivity contribution in [3.63, 3.8) is 0 Å². The fourth-order valence-corrected chi connectivity index (χ4v) is 1.82. The molecule has 0 saturated carbocycles. The largest absolute Gasteiger partial charge is 0.486 e. The van der Waals surface area contributed by atoms with Gasteiger partial charge in [-0.25, -0.2) is 4.79 Å². The second-order valence-corrected chi connectivity index (χ2v) is 4.27. The van der Waals surface area contributed by atoms with Gasteiger partial charge in [0.05, 0.1) is 10.6 Å². The van der Waals surface area contributed by atoms with E-state index >= 15 is 0 Å². The van der Waals surface area contributed by atoms with Crippen LogP contribution < -0.4 is 4.74 Å². The minimum atomic E-state index is -1.41. The Morgan fingerprint density at radius 2 is 2.14 bits per heavy atom. The maximum Gasteiger partial charge on any atom is 0.346 e. The molecule has 0 aliphatic rings. The lowest BCUT2D eigenvalue weighted by atomic mass is 10.1. The summed E-state index contributed by atoms with van der Waals surface area (Å²) in [5.41, 5.74) is 0.564. The van der Waals surface area contributed by atoms with Crippen LogP contribution in [0.1, 0.15) is 21.6 Å². The number of carboxylic acids is 1. The second-order valence-electron chi connectivity index (χ2n) is 4.27. The number of carbonyl (C=O) groups is 1. The third-order valence-corrected chi connectivity index (χ3v) is 2.90. The molecule has 7 nitrogen and oxygen atoms in total. The molecule has 0 bridgehead atoms. The molecular formula is C14H12N2O5. The normalized spacial score (nSPS) is 10.1. The fraction of sp³-hybridized carbons (Fsp3) is 0.143. The highest BCUT2D eigenvalue weighted by atomic mass is 16.6. The number of hydrogen-bond acceptors (Lipinski definition) is 5. The van der Waals surface area contributed by atoms with Crippen LogP contribution in [0.4, 0.5) is 5.69 Å². The fourth-order valence-electron chi connectivity index (χ4n) is 1.82. The first-order valence-corrected chi connectivity index (χ1v) is 6.04. The highest BCUT2D eigenvalue weighted by Gasteiger charge is 2.24. The molecule has 0 amide bonds. The molecule has 1 aromatic heterocycles. The van der Waals surface area contributed by atoms with Crippen LogP contribution in [-0.4, -0.2) is 21.0 Å². The van der Waals surface area contributed by atoms with Gasteiger partial charge in [-0.3, -0.25) is 15.1 Å². The minimum Gasteiger partial charge on any atom is -0.486 e. The molecule has 0 aliphatic carbocycles. The van der Waals surface area contributed by atoms with E-state index in [2.05, 4.69) is 4.98 Å². The monoisotopic (exact) mass is 288 g/mol. The summed E-state index contributed by atoms with van der Waals surface area (Å²) < 4.78 is 5.41. The summed E-state index contributed by atoms with van der Waals surface area (Å²) in [5, 5.41) is 20.0. The summed E-state index contributed by atoms with van der Waals surface area (Å²) >= 11 is 0. The third kappa shape index (κ3) is 3.14. The third-order valence-electron chi connectivity index (χ3n) is 2.90. The summed E-state index contributed by atoms with van der Waals surface area (Å²) in [7, 11) is 0. The lowest BCUT2D eigenvalue weighted by Gasteiger charge is -2.10. The highest BCUT2D eigenvalue weighted by molar-refractivity contribution is 5.95. The number of hydrogen-bond donors (Lipinski definition) is 1. The molecule has 0 radical (unpaired) electrons. The van der Waals surface area contributed by atoms with Crippen molar-refractivity contribution in [1.29, 1.82) is 0 Å². The van der Waals surface area contributed by atoms with E-state index in [-0.39, 0.29) is 12.4 Å². The number of rotatable bonds is 5. The number of nitrogens with zero attached hydrogens (tertiary/aromatic N) is 2. The maximum absolute atomic E-state index is 11.2. The summed E-state index contributed by atoms with van der Waals surface area (Å²) in [6.45, 7) is 1.88. The van der Waals surface area contributed by atoms with Crippen molar-refractivity contribution >= 4 is 11.7 Å². The van der Waals surface area contributed by atoms with E-state index in [0.29, 0.717) is 5.69 Å². The lowest BCUT2D eigenvalue weighted by molar-refractivity contribution is -0.385. The minimum absolute atomic E-state index is 0.0358. The van der Waals surface area contributed by atoms with Gasteiger partial charge in [0, 0.05) is 12.3 Å². The van der Waals surface area contributed by atoms with Gasteiger partial charge in [-0.05, 0) is 24.6 Å². The number of benzene rings is 1. The van der Waals surface area contributed by atoms with Crippen LogP contribution in [0.25, 0.3) is 0 Å². The number of pyridine rings is 1. The smallest absolute Gasteiger partial charge is 0.346 e. The van der Waals surface area contributed by atoms with Crippen molar-refractivity contribution in [2.75, 3.05) is 0 Å². The van der Waals surface area contributed by atoms with Gasteiger partial charge in [0.2, 0.25) is 0 Å². The van der Waals surface area contributed by atoms with Gasteiger partial charge in [0.15, 0.2) is 5.56 Å². The Hall–Kier alpha value is -2.96. The lowest BCUT2D eigenvalue weighted by Crippen LogP contribution is -2.08. The maximum atomic E-state index is 11.2. The van der Waals surface area contributed by atoms with Crippen molar-refractivity contribution in [3.05, 3.63) is 63.5 Å². The standard InChI is InChI=1S/C14H12N2O5/c1-9-4-3-7-15-10(9)8-21-12-6-2-5-11(16(19)20)13(12)14(17)18/h2-7H,8H2,1H3,(H,17,18). The van der Waals surface area contributed by atoms with Crippen molar-refractivity contribution in [3.8, 4) is 5.75 Å². The van der Waals surface area contributed by atoms with Crippen LogP contribution in [0.5, 0.6) is 5.75 Å². The second kappa shape index (κ2) is 6.00. The molecule has 0 aliphatic heterocycles. The van der Waals surface area contributed by atoms with E-state index < -0.39 is 22.1 Å². The zero-order valence-electron chi connectivity index (χ0n) is 11.1. The van der Waals surface area contributed by atoms with Crippen molar-refractivity contribution < 1.29 is 19.6 Å². The number of carboxylic acid groups (broad SMARTS) is 1. The average Bonchev–Trinajstić information content (AvgIpc) is 2.45. The SMILES string of the molecule is Cc1cccnc1COc1cccc([N+](=O)[O-])c1C(=O)O. The molecule has 0 saturated heterocycles. The number of nitro groups is 1. The van der Waals surface area contributed by atoms with Crippen LogP contribution in [0.2, 0.25) is 0 Å². The van der Waals surface area contributed by atoms with E-state index in [1.54, 1.807) is 12.3 Å². The van der Waals surface area contributed by atoms with Gasteiger partial charge < -0.3 is 9.84 Å². The van der Waals surface area contributed by atoms with E-state index in [9.17, 15) is 14.9 Å². The number of ether oxygens (including phenoxy) is 1. The van der Waals surface area contributed by atoms with Crippen molar-refractivity contribution in [2.24, 2.45) is 0 Å². The molecule has 108 valence electrons. The molecule has 1 heterocycles. The molecule has 0 fully saturated rings. The van der Waals surface area contributed by atoms with Gasteiger partial charge in [-0.1, -0.05) is 12.1 Å². The molecule has 21 heavy (non-hydrogen) atoms. The molecular weight excluding hydrogens is 276 g/mol. The summed E-state index contributed by atoms with van der Waals surface area (Å²) in [4.78, 5) is 25.5. The quantitative estimate of drug-likeness (QED) is 0.670. The number of aromatic carboxylic acids is 1. The molecule has 2 rings (SSSR count). The average molecular weight is 288 g/mol. The Bertz CT molecular complexity index is 700.